The van der Waals surface area contributed by atoms with Crippen molar-refractivity contribution in [2.45, 2.75) is 25.9 Å². The summed E-state index contributed by atoms with van der Waals surface area (Å²) in [5.74, 6) is 1.70. The summed E-state index contributed by atoms with van der Waals surface area (Å²) in [6.07, 6.45) is 2.04. The molecule has 1 amide bonds. The Morgan fingerprint density at radius 2 is 2.29 bits per heavy atom. The van der Waals surface area contributed by atoms with E-state index < -0.39 is 0 Å². The van der Waals surface area contributed by atoms with Gasteiger partial charge in [-0.15, -0.1) is 10.2 Å². The zero-order valence-electron chi connectivity index (χ0n) is 11.7. The van der Waals surface area contributed by atoms with Crippen LogP contribution in [0.2, 0.25) is 5.02 Å². The van der Waals surface area contributed by atoms with Crippen LogP contribution in [-0.4, -0.2) is 32.6 Å². The average Bonchev–Trinajstić information content (AvgIpc) is 3.06. The van der Waals surface area contributed by atoms with E-state index in [1.807, 2.05) is 0 Å². The first-order valence-electron chi connectivity index (χ1n) is 6.77. The van der Waals surface area contributed by atoms with Crippen LogP contribution in [0.3, 0.4) is 0 Å². The summed E-state index contributed by atoms with van der Waals surface area (Å²) < 4.78 is 2.08. The molecule has 2 aromatic rings. The topological polar surface area (TPSA) is 77.0 Å². The Bertz CT molecular complexity index is 697. The van der Waals surface area contributed by atoms with Gasteiger partial charge in [0, 0.05) is 25.6 Å². The molecule has 110 valence electrons. The summed E-state index contributed by atoms with van der Waals surface area (Å²) in [7, 11) is 1.74. The Morgan fingerprint density at radius 1 is 1.48 bits per heavy atom. The lowest BCUT2D eigenvalue weighted by Crippen LogP contribution is -2.27. The van der Waals surface area contributed by atoms with Crippen LogP contribution >= 0.6 is 11.6 Å². The lowest BCUT2D eigenvalue weighted by atomic mass is 10.2. The number of hydrogen-bond acceptors (Lipinski definition) is 4. The van der Waals surface area contributed by atoms with Crippen LogP contribution in [0.25, 0.3) is 0 Å². The molecule has 2 N–H and O–H groups in total. The highest BCUT2D eigenvalue weighted by atomic mass is 35.5. The van der Waals surface area contributed by atoms with Crippen molar-refractivity contribution in [3.05, 3.63) is 40.4 Å². The van der Waals surface area contributed by atoms with Gasteiger partial charge in [0.1, 0.15) is 5.82 Å². The maximum atomic E-state index is 12.4. The minimum absolute atomic E-state index is 0.117. The number of fused-ring (bicyclic) bond motifs is 1. The van der Waals surface area contributed by atoms with Gasteiger partial charge in [-0.2, -0.15) is 0 Å². The normalized spacial score (nSPS) is 13.2. The number of nitrogens with two attached hydrogens (primary N) is 1. The molecule has 3 rings (SSSR count). The van der Waals surface area contributed by atoms with E-state index in [2.05, 4.69) is 14.8 Å². The maximum absolute atomic E-state index is 12.4. The first-order chi connectivity index (χ1) is 10.1. The van der Waals surface area contributed by atoms with Gasteiger partial charge in [0.15, 0.2) is 5.82 Å². The second-order valence-corrected chi connectivity index (χ2v) is 5.59. The van der Waals surface area contributed by atoms with Crippen molar-refractivity contribution in [1.29, 1.82) is 0 Å². The maximum Gasteiger partial charge on any atom is 0.254 e. The van der Waals surface area contributed by atoms with Crippen LogP contribution in [0.5, 0.6) is 0 Å². The van der Waals surface area contributed by atoms with Gasteiger partial charge in [-0.3, -0.25) is 4.79 Å². The molecule has 1 aromatic carbocycles. The van der Waals surface area contributed by atoms with E-state index in [1.165, 1.54) is 0 Å². The molecule has 0 aliphatic carbocycles. The first kappa shape index (κ1) is 13.9. The van der Waals surface area contributed by atoms with Gasteiger partial charge in [-0.25, -0.2) is 0 Å². The van der Waals surface area contributed by atoms with Crippen molar-refractivity contribution in [1.82, 2.24) is 19.7 Å². The third-order valence-electron chi connectivity index (χ3n) is 3.65. The highest BCUT2D eigenvalue weighted by Crippen LogP contribution is 2.21. The van der Waals surface area contributed by atoms with Crippen molar-refractivity contribution < 1.29 is 4.79 Å². The number of hydrogen-bond donors (Lipinski definition) is 1. The molecule has 21 heavy (non-hydrogen) atoms. The van der Waals surface area contributed by atoms with E-state index in [0.29, 0.717) is 22.8 Å². The van der Waals surface area contributed by atoms with Crippen LogP contribution in [0.15, 0.2) is 18.2 Å². The molecule has 0 fully saturated rings. The third-order valence-corrected chi connectivity index (χ3v) is 4.00. The summed E-state index contributed by atoms with van der Waals surface area (Å²) in [5, 5.41) is 8.75. The Morgan fingerprint density at radius 3 is 3.05 bits per heavy atom. The van der Waals surface area contributed by atoms with Crippen molar-refractivity contribution in [2.75, 3.05) is 12.8 Å². The number of amides is 1. The molecular formula is C14H16ClN5O. The average molecular weight is 306 g/mol. The second-order valence-electron chi connectivity index (χ2n) is 5.19. The molecule has 1 aliphatic heterocycles. The van der Waals surface area contributed by atoms with Crippen LogP contribution in [-0.2, 0) is 19.5 Å². The number of carbonyl (C=O) groups excluding carboxylic acids is 1. The number of nitrogens with zero attached hydrogens (tertiary/aromatic N) is 4. The van der Waals surface area contributed by atoms with Gasteiger partial charge in [0.2, 0.25) is 0 Å². The van der Waals surface area contributed by atoms with Gasteiger partial charge in [0.05, 0.1) is 17.3 Å². The number of nitrogen functional groups attached to an aromatic ring is 1. The number of rotatable bonds is 3. The van der Waals surface area contributed by atoms with Crippen molar-refractivity contribution in [3.8, 4) is 0 Å². The van der Waals surface area contributed by atoms with E-state index in [9.17, 15) is 4.79 Å². The zero-order chi connectivity index (χ0) is 15.0. The summed E-state index contributed by atoms with van der Waals surface area (Å²) in [6, 6.07) is 4.90. The minimum atomic E-state index is -0.117. The van der Waals surface area contributed by atoms with Crippen LogP contribution < -0.4 is 5.73 Å². The van der Waals surface area contributed by atoms with Crippen LogP contribution in [0.4, 0.5) is 5.69 Å². The number of carbonyl (C=O) groups is 1. The van der Waals surface area contributed by atoms with Crippen molar-refractivity contribution in [3.63, 3.8) is 0 Å². The molecule has 7 heteroatoms. The molecule has 2 heterocycles. The first-order valence-corrected chi connectivity index (χ1v) is 7.15. The van der Waals surface area contributed by atoms with Crippen LogP contribution in [0.1, 0.15) is 28.4 Å². The van der Waals surface area contributed by atoms with Gasteiger partial charge < -0.3 is 15.2 Å². The Labute approximate surface area is 127 Å². The quantitative estimate of drug-likeness (QED) is 0.876. The molecular weight excluding hydrogens is 290 g/mol. The zero-order valence-corrected chi connectivity index (χ0v) is 12.5. The minimum Gasteiger partial charge on any atom is -0.398 e. The van der Waals surface area contributed by atoms with Gasteiger partial charge >= 0.3 is 0 Å². The molecule has 1 aliphatic rings. The fraction of sp³-hybridized carbons (Fsp3) is 0.357. The van der Waals surface area contributed by atoms with E-state index in [1.54, 1.807) is 30.1 Å². The largest absolute Gasteiger partial charge is 0.398 e. The molecule has 0 saturated heterocycles. The molecule has 0 bridgehead atoms. The lowest BCUT2D eigenvalue weighted by Gasteiger charge is -2.17. The number of halogens is 1. The summed E-state index contributed by atoms with van der Waals surface area (Å²) >= 11 is 5.87. The number of anilines is 1. The third kappa shape index (κ3) is 2.58. The molecule has 1 aromatic heterocycles. The SMILES string of the molecule is CN(Cc1nnc2n1CCC2)C(=O)c1ccc(Cl)c(N)c1. The molecule has 6 nitrogen and oxygen atoms in total. The number of aromatic nitrogens is 3. The fourth-order valence-electron chi connectivity index (χ4n) is 2.51. The summed E-state index contributed by atoms with van der Waals surface area (Å²) in [4.78, 5) is 14.0. The van der Waals surface area contributed by atoms with E-state index in [-0.39, 0.29) is 5.91 Å². The van der Waals surface area contributed by atoms with E-state index in [0.717, 1.165) is 31.0 Å². The molecule has 0 radical (unpaired) electrons. The Balaban J connectivity index is 1.76. The fourth-order valence-corrected chi connectivity index (χ4v) is 2.63. The molecule has 0 unspecified atom stereocenters. The summed E-state index contributed by atoms with van der Waals surface area (Å²) in [5.41, 5.74) is 6.66. The molecule has 0 spiro atoms. The van der Waals surface area contributed by atoms with Crippen molar-refractivity contribution >= 4 is 23.2 Å². The lowest BCUT2D eigenvalue weighted by molar-refractivity contribution is 0.0780. The predicted molar refractivity (Wildman–Crippen MR) is 80.0 cm³/mol. The Kier molecular flexibility index (Phi) is 3.55. The Hall–Kier alpha value is -2.08. The monoisotopic (exact) mass is 305 g/mol. The van der Waals surface area contributed by atoms with Gasteiger partial charge in [-0.05, 0) is 24.6 Å². The highest BCUT2D eigenvalue weighted by Gasteiger charge is 2.20. The van der Waals surface area contributed by atoms with Gasteiger partial charge in [-0.1, -0.05) is 11.6 Å². The van der Waals surface area contributed by atoms with E-state index in [4.69, 9.17) is 17.3 Å². The van der Waals surface area contributed by atoms with E-state index >= 15 is 0 Å². The molecule has 0 atom stereocenters. The number of benzene rings is 1. The van der Waals surface area contributed by atoms with Gasteiger partial charge in [0.25, 0.3) is 5.91 Å². The van der Waals surface area contributed by atoms with Crippen molar-refractivity contribution in [2.24, 2.45) is 0 Å². The predicted octanol–water partition coefficient (Wildman–Crippen LogP) is 1.73. The van der Waals surface area contributed by atoms with Crippen LogP contribution in [0, 0.1) is 0 Å². The number of aryl methyl sites for hydroxylation is 1. The smallest absolute Gasteiger partial charge is 0.254 e. The summed E-state index contributed by atoms with van der Waals surface area (Å²) in [6.45, 7) is 1.35. The highest BCUT2D eigenvalue weighted by molar-refractivity contribution is 6.33. The second kappa shape index (κ2) is 5.37. The standard InChI is InChI=1S/C14H16ClN5O/c1-19(8-13-18-17-12-3-2-6-20(12)13)14(21)9-4-5-10(15)11(16)7-9/h4-5,7H,2-3,6,8,16H2,1H3. The molecule has 0 saturated carbocycles.